The molecule has 0 aliphatic carbocycles. The van der Waals surface area contributed by atoms with Crippen molar-refractivity contribution in [3.8, 4) is 0 Å². The molecule has 4 N–H and O–H groups in total. The highest BCUT2D eigenvalue weighted by Crippen LogP contribution is 2.13. The van der Waals surface area contributed by atoms with E-state index in [0.717, 1.165) is 11.4 Å². The molecule has 0 aliphatic rings. The van der Waals surface area contributed by atoms with Gasteiger partial charge >= 0.3 is 0 Å². The van der Waals surface area contributed by atoms with E-state index in [1.165, 1.54) is 0 Å². The molecule has 0 fully saturated rings. The number of benzene rings is 1. The van der Waals surface area contributed by atoms with E-state index in [9.17, 15) is 14.4 Å². The Balaban J connectivity index is 1.97. The van der Waals surface area contributed by atoms with Gasteiger partial charge in [-0.1, -0.05) is 18.9 Å². The molecule has 0 radical (unpaired) electrons. The molecule has 9 nitrogen and oxygen atoms in total. The summed E-state index contributed by atoms with van der Waals surface area (Å²) in [5, 5.41) is 14.2. The number of hydroxylamine groups is 1. The van der Waals surface area contributed by atoms with Crippen molar-refractivity contribution in [2.75, 3.05) is 19.0 Å². The van der Waals surface area contributed by atoms with Gasteiger partial charge in [-0.15, -0.1) is 0 Å². The minimum atomic E-state index is -0.716. The van der Waals surface area contributed by atoms with Crippen LogP contribution in [0.25, 0.3) is 0 Å². The highest BCUT2D eigenvalue weighted by atomic mass is 16.5. The van der Waals surface area contributed by atoms with Gasteiger partial charge in [0, 0.05) is 38.0 Å². The second-order valence-corrected chi connectivity index (χ2v) is 7.64. The fourth-order valence-corrected chi connectivity index (χ4v) is 3.09. The molecule has 0 spiro atoms. The van der Waals surface area contributed by atoms with Crippen molar-refractivity contribution >= 4 is 23.4 Å². The Kier molecular flexibility index (Phi) is 10.1. The zero-order valence-electron chi connectivity index (χ0n) is 18.5. The van der Waals surface area contributed by atoms with Crippen molar-refractivity contribution in [3.05, 3.63) is 59.9 Å². The molecule has 2 aromatic rings. The summed E-state index contributed by atoms with van der Waals surface area (Å²) in [4.78, 5) is 42.8. The van der Waals surface area contributed by atoms with Crippen LogP contribution in [0.4, 0.5) is 5.69 Å². The van der Waals surface area contributed by atoms with E-state index in [1.807, 2.05) is 43.3 Å². The maximum absolute atomic E-state index is 12.8. The molecule has 32 heavy (non-hydrogen) atoms. The van der Waals surface area contributed by atoms with Crippen molar-refractivity contribution in [1.29, 1.82) is 0 Å². The van der Waals surface area contributed by atoms with E-state index >= 15 is 0 Å². The van der Waals surface area contributed by atoms with E-state index in [1.54, 1.807) is 29.9 Å². The Morgan fingerprint density at radius 1 is 1.03 bits per heavy atom. The van der Waals surface area contributed by atoms with Gasteiger partial charge in [0.25, 0.3) is 5.91 Å². The Hall–Kier alpha value is -3.46. The highest BCUT2D eigenvalue weighted by molar-refractivity contribution is 5.97. The largest absolute Gasteiger partial charge is 0.378 e. The van der Waals surface area contributed by atoms with Gasteiger partial charge < -0.3 is 15.5 Å². The Labute approximate surface area is 188 Å². The number of hydrogen-bond donors (Lipinski definition) is 4. The van der Waals surface area contributed by atoms with Crippen molar-refractivity contribution in [2.24, 2.45) is 0 Å². The fourth-order valence-electron chi connectivity index (χ4n) is 3.09. The Bertz CT molecular complexity index is 872. The maximum Gasteiger partial charge on any atom is 0.251 e. The van der Waals surface area contributed by atoms with E-state index in [4.69, 9.17) is 5.21 Å². The van der Waals surface area contributed by atoms with E-state index in [0.29, 0.717) is 31.2 Å². The van der Waals surface area contributed by atoms with Crippen molar-refractivity contribution in [1.82, 2.24) is 21.1 Å². The third-order valence-corrected chi connectivity index (χ3v) is 4.96. The number of amides is 3. The van der Waals surface area contributed by atoms with Crippen molar-refractivity contribution < 1.29 is 19.6 Å². The number of aromatic nitrogens is 1. The summed E-state index contributed by atoms with van der Waals surface area (Å²) in [7, 11) is 3.84. The van der Waals surface area contributed by atoms with E-state index in [-0.39, 0.29) is 24.8 Å². The quantitative estimate of drug-likeness (QED) is 0.227. The summed E-state index contributed by atoms with van der Waals surface area (Å²) >= 11 is 0. The average Bonchev–Trinajstić information content (AvgIpc) is 2.81. The lowest BCUT2D eigenvalue weighted by Crippen LogP contribution is -2.46. The van der Waals surface area contributed by atoms with Crippen LogP contribution in [0.2, 0.25) is 0 Å². The number of carbonyl (C=O) groups excluding carboxylic acids is 3. The molecule has 0 unspecified atom stereocenters. The lowest BCUT2D eigenvalue weighted by molar-refractivity contribution is -0.129. The minimum absolute atomic E-state index is 0.206. The molecule has 9 heteroatoms. The molecule has 172 valence electrons. The molecule has 1 heterocycles. The van der Waals surface area contributed by atoms with Crippen LogP contribution in [0.1, 0.15) is 48.2 Å². The molecule has 0 aliphatic heterocycles. The van der Waals surface area contributed by atoms with Crippen LogP contribution < -0.4 is 21.0 Å². The number of pyridine rings is 1. The first-order valence-electron chi connectivity index (χ1n) is 10.6. The standard InChI is InChI=1S/C23H31N5O4/c1-28(2)19-13-11-17(12-14-19)22(30)26-20(9-4-3-5-10-21(29)27-32)23(31)25-16-18-8-6-7-15-24-18/h6-8,11-15,20,32H,3-5,9-10,16H2,1-2H3,(H,25,31)(H,26,30)(H,27,29)/t20-/m0/s1. The van der Waals surface area contributed by atoms with E-state index < -0.39 is 11.9 Å². The van der Waals surface area contributed by atoms with Crippen LogP contribution in [0, 0.1) is 0 Å². The number of unbranched alkanes of at least 4 members (excludes halogenated alkanes) is 2. The number of nitrogens with one attached hydrogen (secondary N) is 3. The second-order valence-electron chi connectivity index (χ2n) is 7.64. The zero-order chi connectivity index (χ0) is 23.3. The third kappa shape index (κ3) is 8.35. The number of nitrogens with zero attached hydrogens (tertiary/aromatic N) is 2. The Morgan fingerprint density at radius 2 is 1.78 bits per heavy atom. The summed E-state index contributed by atoms with van der Waals surface area (Å²) in [6.07, 6.45) is 4.19. The number of carbonyl (C=O) groups is 3. The smallest absolute Gasteiger partial charge is 0.251 e. The summed E-state index contributed by atoms with van der Waals surface area (Å²) in [5.41, 5.74) is 3.76. The minimum Gasteiger partial charge on any atom is -0.378 e. The highest BCUT2D eigenvalue weighted by Gasteiger charge is 2.21. The summed E-state index contributed by atoms with van der Waals surface area (Å²) in [6.45, 7) is 0.264. The van der Waals surface area contributed by atoms with Gasteiger partial charge in [0.1, 0.15) is 6.04 Å². The van der Waals surface area contributed by atoms with Crippen LogP contribution in [0.3, 0.4) is 0 Å². The van der Waals surface area contributed by atoms with Gasteiger partial charge in [0.2, 0.25) is 11.8 Å². The normalized spacial score (nSPS) is 11.3. The van der Waals surface area contributed by atoms with Gasteiger partial charge in [0.15, 0.2) is 0 Å². The molecule has 1 aromatic carbocycles. The zero-order valence-corrected chi connectivity index (χ0v) is 18.5. The number of anilines is 1. The topological polar surface area (TPSA) is 124 Å². The molecular weight excluding hydrogens is 410 g/mol. The molecule has 3 amide bonds. The number of rotatable bonds is 12. The van der Waals surface area contributed by atoms with Gasteiger partial charge in [-0.25, -0.2) is 5.48 Å². The van der Waals surface area contributed by atoms with Crippen LogP contribution in [-0.4, -0.2) is 48.0 Å². The first-order valence-corrected chi connectivity index (χ1v) is 10.6. The van der Waals surface area contributed by atoms with Gasteiger partial charge in [-0.2, -0.15) is 0 Å². The van der Waals surface area contributed by atoms with Gasteiger partial charge in [-0.3, -0.25) is 24.6 Å². The van der Waals surface area contributed by atoms with Gasteiger partial charge in [-0.05, 0) is 49.2 Å². The predicted molar refractivity (Wildman–Crippen MR) is 121 cm³/mol. The summed E-state index contributed by atoms with van der Waals surface area (Å²) in [5.74, 6) is -1.06. The predicted octanol–water partition coefficient (Wildman–Crippen LogP) is 2.02. The number of hydrogen-bond acceptors (Lipinski definition) is 6. The van der Waals surface area contributed by atoms with Crippen molar-refractivity contribution in [3.63, 3.8) is 0 Å². The van der Waals surface area contributed by atoms with Crippen LogP contribution in [-0.2, 0) is 16.1 Å². The van der Waals surface area contributed by atoms with Crippen LogP contribution >= 0.6 is 0 Å². The molecular formula is C23H31N5O4. The fraction of sp³-hybridized carbons (Fsp3) is 0.391. The van der Waals surface area contributed by atoms with Crippen molar-refractivity contribution in [2.45, 2.75) is 44.7 Å². The summed E-state index contributed by atoms with van der Waals surface area (Å²) in [6, 6.07) is 11.9. The van der Waals surface area contributed by atoms with Crippen LogP contribution in [0.5, 0.6) is 0 Å². The Morgan fingerprint density at radius 3 is 2.41 bits per heavy atom. The first kappa shape index (κ1) is 24.8. The molecule has 0 bridgehead atoms. The molecule has 0 saturated heterocycles. The lowest BCUT2D eigenvalue weighted by atomic mass is 10.1. The first-order chi connectivity index (χ1) is 15.4. The summed E-state index contributed by atoms with van der Waals surface area (Å²) < 4.78 is 0. The van der Waals surface area contributed by atoms with Gasteiger partial charge in [0.05, 0.1) is 12.2 Å². The van der Waals surface area contributed by atoms with E-state index in [2.05, 4.69) is 15.6 Å². The second kappa shape index (κ2) is 13.1. The lowest BCUT2D eigenvalue weighted by Gasteiger charge is -2.19. The monoisotopic (exact) mass is 441 g/mol. The molecule has 1 atom stereocenters. The molecule has 2 rings (SSSR count). The molecule has 1 aromatic heterocycles. The average molecular weight is 442 g/mol. The van der Waals surface area contributed by atoms with Crippen LogP contribution in [0.15, 0.2) is 48.7 Å². The molecule has 0 saturated carbocycles. The maximum atomic E-state index is 12.8. The SMILES string of the molecule is CN(C)c1ccc(C(=O)N[C@@H](CCCCCC(=O)NO)C(=O)NCc2ccccn2)cc1. The third-order valence-electron chi connectivity index (χ3n) is 4.96.